The zero-order valence-electron chi connectivity index (χ0n) is 10.00. The van der Waals surface area contributed by atoms with Crippen LogP contribution in [-0.4, -0.2) is 64.6 Å². The van der Waals surface area contributed by atoms with E-state index in [-0.39, 0.29) is 6.10 Å². The molecule has 0 saturated carbocycles. The van der Waals surface area contributed by atoms with Crippen LogP contribution in [0.25, 0.3) is 0 Å². The summed E-state index contributed by atoms with van der Waals surface area (Å²) in [5, 5.41) is 3.42. The van der Waals surface area contributed by atoms with Crippen molar-refractivity contribution in [1.82, 2.24) is 10.2 Å². The Labute approximate surface area is 92.9 Å². The fourth-order valence-corrected chi connectivity index (χ4v) is 1.94. The number of hydrogen-bond acceptors (Lipinski definition) is 4. The lowest BCUT2D eigenvalue weighted by molar-refractivity contribution is 0.00510. The van der Waals surface area contributed by atoms with Crippen LogP contribution in [0.1, 0.15) is 12.8 Å². The van der Waals surface area contributed by atoms with E-state index >= 15 is 0 Å². The molecule has 4 nitrogen and oxygen atoms in total. The van der Waals surface area contributed by atoms with Crippen LogP contribution in [0.2, 0.25) is 0 Å². The maximum absolute atomic E-state index is 5.38. The van der Waals surface area contributed by atoms with Crippen LogP contribution in [0.4, 0.5) is 0 Å². The van der Waals surface area contributed by atoms with Gasteiger partial charge in [-0.25, -0.2) is 0 Å². The SMILES string of the molecule is COCC(CN1CCCNCCC1)OC. The topological polar surface area (TPSA) is 33.7 Å². The molecule has 0 aromatic rings. The Balaban J connectivity index is 2.26. The number of ether oxygens (including phenoxy) is 2. The molecule has 0 amide bonds. The van der Waals surface area contributed by atoms with E-state index in [0.717, 1.165) is 32.7 Å². The Hall–Kier alpha value is -0.160. The lowest BCUT2D eigenvalue weighted by atomic mass is 10.2. The van der Waals surface area contributed by atoms with Gasteiger partial charge in [0, 0.05) is 20.8 Å². The van der Waals surface area contributed by atoms with Gasteiger partial charge in [0.2, 0.25) is 0 Å². The van der Waals surface area contributed by atoms with E-state index in [0.29, 0.717) is 6.61 Å². The van der Waals surface area contributed by atoms with Gasteiger partial charge in [0.15, 0.2) is 0 Å². The average molecular weight is 216 g/mol. The molecule has 1 heterocycles. The van der Waals surface area contributed by atoms with Crippen molar-refractivity contribution < 1.29 is 9.47 Å². The minimum atomic E-state index is 0.211. The molecule has 15 heavy (non-hydrogen) atoms. The highest BCUT2D eigenvalue weighted by atomic mass is 16.5. The van der Waals surface area contributed by atoms with Crippen molar-refractivity contribution in [3.8, 4) is 0 Å². The summed E-state index contributed by atoms with van der Waals surface area (Å²) < 4.78 is 10.5. The number of hydrogen-bond donors (Lipinski definition) is 1. The Bertz CT molecular complexity index is 148. The highest BCUT2D eigenvalue weighted by Crippen LogP contribution is 2.01. The molecule has 1 rings (SSSR count). The summed E-state index contributed by atoms with van der Waals surface area (Å²) in [6, 6.07) is 0. The van der Waals surface area contributed by atoms with Gasteiger partial charge in [-0.05, 0) is 39.0 Å². The maximum atomic E-state index is 5.38. The monoisotopic (exact) mass is 216 g/mol. The molecule has 90 valence electrons. The number of nitrogens with one attached hydrogen (secondary N) is 1. The quantitative estimate of drug-likeness (QED) is 0.718. The van der Waals surface area contributed by atoms with E-state index < -0.39 is 0 Å². The van der Waals surface area contributed by atoms with Gasteiger partial charge in [-0.15, -0.1) is 0 Å². The lowest BCUT2D eigenvalue weighted by Gasteiger charge is -2.28. The van der Waals surface area contributed by atoms with Gasteiger partial charge >= 0.3 is 0 Å². The molecule has 0 spiro atoms. The Morgan fingerprint density at radius 1 is 1.20 bits per heavy atom. The predicted octanol–water partition coefficient (Wildman–Crippen LogP) is 0.333. The zero-order valence-corrected chi connectivity index (χ0v) is 10.00. The third-order valence-corrected chi connectivity index (χ3v) is 2.80. The molecular weight excluding hydrogens is 192 g/mol. The first-order valence-electron chi connectivity index (χ1n) is 5.81. The van der Waals surface area contributed by atoms with E-state index in [2.05, 4.69) is 10.2 Å². The van der Waals surface area contributed by atoms with Gasteiger partial charge in [0.1, 0.15) is 0 Å². The second kappa shape index (κ2) is 8.05. The van der Waals surface area contributed by atoms with Gasteiger partial charge in [-0.1, -0.05) is 0 Å². The van der Waals surface area contributed by atoms with Crippen molar-refractivity contribution in [2.24, 2.45) is 0 Å². The normalized spacial score (nSPS) is 22.0. The summed E-state index contributed by atoms with van der Waals surface area (Å²) in [6.07, 6.45) is 2.66. The van der Waals surface area contributed by atoms with Gasteiger partial charge < -0.3 is 19.7 Å². The van der Waals surface area contributed by atoms with Gasteiger partial charge in [-0.2, -0.15) is 0 Å². The van der Waals surface area contributed by atoms with Gasteiger partial charge in [-0.3, -0.25) is 0 Å². The summed E-state index contributed by atoms with van der Waals surface area (Å²) in [6.45, 7) is 6.28. The summed E-state index contributed by atoms with van der Waals surface area (Å²) >= 11 is 0. The third-order valence-electron chi connectivity index (χ3n) is 2.80. The van der Waals surface area contributed by atoms with E-state index in [1.54, 1.807) is 14.2 Å². The van der Waals surface area contributed by atoms with E-state index in [1.807, 2.05) is 0 Å². The highest BCUT2D eigenvalue weighted by molar-refractivity contribution is 4.69. The van der Waals surface area contributed by atoms with Crippen molar-refractivity contribution in [3.05, 3.63) is 0 Å². The predicted molar refractivity (Wildman–Crippen MR) is 61.2 cm³/mol. The Morgan fingerprint density at radius 3 is 2.40 bits per heavy atom. The first kappa shape index (κ1) is 12.9. The molecule has 1 saturated heterocycles. The van der Waals surface area contributed by atoms with Crippen molar-refractivity contribution in [2.75, 3.05) is 53.6 Å². The van der Waals surface area contributed by atoms with Crippen molar-refractivity contribution in [1.29, 1.82) is 0 Å². The number of nitrogens with zero attached hydrogens (tertiary/aromatic N) is 1. The van der Waals surface area contributed by atoms with Gasteiger partial charge in [0.25, 0.3) is 0 Å². The molecule has 0 aliphatic carbocycles. The summed E-state index contributed by atoms with van der Waals surface area (Å²) in [4.78, 5) is 2.48. The van der Waals surface area contributed by atoms with Gasteiger partial charge in [0.05, 0.1) is 12.7 Å². The molecule has 1 unspecified atom stereocenters. The number of rotatable bonds is 5. The fraction of sp³-hybridized carbons (Fsp3) is 1.00. The van der Waals surface area contributed by atoms with E-state index in [4.69, 9.17) is 9.47 Å². The molecule has 1 atom stereocenters. The molecular formula is C11H24N2O2. The third kappa shape index (κ3) is 5.47. The smallest absolute Gasteiger partial charge is 0.0931 e. The second-order valence-electron chi connectivity index (χ2n) is 4.07. The minimum Gasteiger partial charge on any atom is -0.382 e. The highest BCUT2D eigenvalue weighted by Gasteiger charge is 2.14. The maximum Gasteiger partial charge on any atom is 0.0931 e. The Kier molecular flexibility index (Phi) is 6.92. The molecule has 1 aliphatic heterocycles. The second-order valence-corrected chi connectivity index (χ2v) is 4.07. The first-order chi connectivity index (χ1) is 7.36. The van der Waals surface area contributed by atoms with Crippen LogP contribution in [0, 0.1) is 0 Å². The molecule has 0 bridgehead atoms. The molecule has 1 N–H and O–H groups in total. The van der Waals surface area contributed by atoms with Crippen molar-refractivity contribution in [3.63, 3.8) is 0 Å². The fourth-order valence-electron chi connectivity index (χ4n) is 1.94. The molecule has 0 aromatic heterocycles. The summed E-state index contributed by atoms with van der Waals surface area (Å²) in [5.74, 6) is 0. The van der Waals surface area contributed by atoms with Crippen LogP contribution in [-0.2, 0) is 9.47 Å². The largest absolute Gasteiger partial charge is 0.382 e. The molecule has 0 radical (unpaired) electrons. The Morgan fingerprint density at radius 2 is 1.87 bits per heavy atom. The summed E-state index contributed by atoms with van der Waals surface area (Å²) in [7, 11) is 3.48. The van der Waals surface area contributed by atoms with Crippen LogP contribution >= 0.6 is 0 Å². The van der Waals surface area contributed by atoms with Crippen LogP contribution < -0.4 is 5.32 Å². The van der Waals surface area contributed by atoms with E-state index in [1.165, 1.54) is 12.8 Å². The molecule has 1 aliphatic rings. The van der Waals surface area contributed by atoms with E-state index in [9.17, 15) is 0 Å². The standard InChI is InChI=1S/C11H24N2O2/c1-14-10-11(15-2)9-13-7-3-5-12-6-4-8-13/h11-12H,3-10H2,1-2H3. The minimum absolute atomic E-state index is 0.211. The van der Waals surface area contributed by atoms with Crippen molar-refractivity contribution >= 4 is 0 Å². The van der Waals surface area contributed by atoms with Crippen LogP contribution in [0.15, 0.2) is 0 Å². The zero-order chi connectivity index (χ0) is 10.9. The molecule has 0 aromatic carbocycles. The first-order valence-corrected chi connectivity index (χ1v) is 5.81. The van der Waals surface area contributed by atoms with Crippen molar-refractivity contribution in [2.45, 2.75) is 18.9 Å². The summed E-state index contributed by atoms with van der Waals surface area (Å²) in [5.41, 5.74) is 0. The van der Waals surface area contributed by atoms with Crippen LogP contribution in [0.3, 0.4) is 0 Å². The van der Waals surface area contributed by atoms with Crippen LogP contribution in [0.5, 0.6) is 0 Å². The lowest BCUT2D eigenvalue weighted by Crippen LogP contribution is -2.40. The average Bonchev–Trinajstić information content (AvgIpc) is 2.20. The number of methoxy groups -OCH3 is 2. The molecule has 4 heteroatoms. The molecule has 1 fully saturated rings.